The van der Waals surface area contributed by atoms with Crippen LogP contribution in [0.4, 0.5) is 5.69 Å². The number of para-hydroxylation sites is 1. The van der Waals surface area contributed by atoms with Gasteiger partial charge in [0.15, 0.2) is 6.61 Å². The molecule has 2 aromatic rings. The summed E-state index contributed by atoms with van der Waals surface area (Å²) in [6.45, 7) is 4.44. The van der Waals surface area contributed by atoms with Gasteiger partial charge in [0.05, 0.1) is 6.61 Å². The van der Waals surface area contributed by atoms with Crippen LogP contribution in [0.5, 0.6) is 0 Å². The van der Waals surface area contributed by atoms with Gasteiger partial charge in [-0.05, 0) is 25.1 Å². The molecule has 0 atom stereocenters. The third-order valence-electron chi connectivity index (χ3n) is 4.64. The van der Waals surface area contributed by atoms with E-state index in [1.54, 1.807) is 61.5 Å². The number of hydrogen-bond acceptors (Lipinski definition) is 6. The molecule has 3 rings (SSSR count). The zero-order valence-electron chi connectivity index (χ0n) is 17.1. The van der Waals surface area contributed by atoms with Gasteiger partial charge in [0, 0.05) is 22.5 Å². The summed E-state index contributed by atoms with van der Waals surface area (Å²) in [5, 5.41) is 0. The lowest BCUT2D eigenvalue weighted by Gasteiger charge is -2.22. The van der Waals surface area contributed by atoms with E-state index in [0.29, 0.717) is 22.5 Å². The largest absolute Gasteiger partial charge is 0.465 e. The topological polar surface area (TPSA) is 93.2 Å². The molecule has 0 saturated heterocycles. The van der Waals surface area contributed by atoms with E-state index >= 15 is 0 Å². The van der Waals surface area contributed by atoms with Crippen LogP contribution < -0.4 is 4.90 Å². The molecule has 0 N–H and O–H groups in total. The van der Waals surface area contributed by atoms with Crippen molar-refractivity contribution >= 4 is 35.1 Å². The Balaban J connectivity index is 1.61. The van der Waals surface area contributed by atoms with Crippen LogP contribution in [0.3, 0.4) is 0 Å². The fraction of sp³-hybridized carbons (Fsp3) is 0.217. The molecule has 0 radical (unpaired) electrons. The third kappa shape index (κ3) is 4.98. The van der Waals surface area contributed by atoms with Crippen molar-refractivity contribution in [2.75, 3.05) is 31.2 Å². The molecule has 31 heavy (non-hydrogen) atoms. The second-order valence-corrected chi connectivity index (χ2v) is 6.66. The van der Waals surface area contributed by atoms with Crippen LogP contribution in [0.15, 0.2) is 61.2 Å². The van der Waals surface area contributed by atoms with Gasteiger partial charge in [-0.3, -0.25) is 29.0 Å². The number of esters is 2. The van der Waals surface area contributed by atoms with E-state index in [1.165, 1.54) is 9.80 Å². The molecule has 1 heterocycles. The van der Waals surface area contributed by atoms with Crippen molar-refractivity contribution < 1.29 is 28.7 Å². The number of anilines is 1. The molecule has 1 aliphatic heterocycles. The van der Waals surface area contributed by atoms with Crippen molar-refractivity contribution in [1.29, 1.82) is 0 Å². The van der Waals surface area contributed by atoms with Crippen LogP contribution in [-0.4, -0.2) is 55.0 Å². The molecule has 0 unspecified atom stereocenters. The number of benzene rings is 2. The summed E-state index contributed by atoms with van der Waals surface area (Å²) in [5.74, 6) is -2.29. The lowest BCUT2D eigenvalue weighted by atomic mass is 10.1. The van der Waals surface area contributed by atoms with Crippen molar-refractivity contribution in [3.05, 3.63) is 72.3 Å². The molecular formula is C23H22N2O6. The number of nitrogens with zero attached hydrogens (tertiary/aromatic N) is 2. The Kier molecular flexibility index (Phi) is 6.81. The van der Waals surface area contributed by atoms with Gasteiger partial charge in [-0.1, -0.05) is 43.0 Å². The van der Waals surface area contributed by atoms with Crippen LogP contribution in [-0.2, 0) is 23.9 Å². The minimum absolute atomic E-state index is 0.181. The molecule has 0 saturated carbocycles. The first kappa shape index (κ1) is 21.8. The van der Waals surface area contributed by atoms with Crippen LogP contribution >= 0.6 is 0 Å². The first-order valence-corrected chi connectivity index (χ1v) is 9.69. The van der Waals surface area contributed by atoms with Crippen molar-refractivity contribution in [2.45, 2.75) is 6.92 Å². The fourth-order valence-corrected chi connectivity index (χ4v) is 3.16. The predicted octanol–water partition coefficient (Wildman–Crippen LogP) is 2.25. The van der Waals surface area contributed by atoms with E-state index in [0.717, 1.165) is 0 Å². The third-order valence-corrected chi connectivity index (χ3v) is 4.64. The van der Waals surface area contributed by atoms with Gasteiger partial charge < -0.3 is 9.47 Å². The highest BCUT2D eigenvalue weighted by Gasteiger charge is 2.32. The maximum atomic E-state index is 12.7. The standard InChI is InChI=1S/C23H22N2O6/c1-3-30-21(27)14-25(17-9-5-4-6-10-17)20(26)15-31-22(28)13-24-16(2)18-11-7-8-12-19(18)23(24)29/h4-12H,2-3,13-15H2,1H3. The lowest BCUT2D eigenvalue weighted by molar-refractivity contribution is -0.148. The number of carbonyl (C=O) groups excluding carboxylic acids is 4. The van der Waals surface area contributed by atoms with Gasteiger partial charge in [0.25, 0.3) is 11.8 Å². The molecule has 2 amide bonds. The van der Waals surface area contributed by atoms with E-state index in [2.05, 4.69) is 6.58 Å². The molecule has 0 aliphatic carbocycles. The molecule has 8 heteroatoms. The molecule has 1 aliphatic rings. The van der Waals surface area contributed by atoms with E-state index in [-0.39, 0.29) is 25.6 Å². The van der Waals surface area contributed by atoms with Crippen LogP contribution in [0.1, 0.15) is 22.8 Å². The first-order valence-electron chi connectivity index (χ1n) is 9.69. The van der Waals surface area contributed by atoms with Gasteiger partial charge in [-0.15, -0.1) is 0 Å². The zero-order valence-corrected chi connectivity index (χ0v) is 17.1. The van der Waals surface area contributed by atoms with Gasteiger partial charge in [0.2, 0.25) is 0 Å². The SMILES string of the molecule is C=C1c2ccccc2C(=O)N1CC(=O)OCC(=O)N(CC(=O)OCC)c1ccccc1. The van der Waals surface area contributed by atoms with Crippen molar-refractivity contribution in [2.24, 2.45) is 0 Å². The highest BCUT2D eigenvalue weighted by molar-refractivity contribution is 6.10. The number of hydrogen-bond donors (Lipinski definition) is 0. The summed E-state index contributed by atoms with van der Waals surface area (Å²) in [6.07, 6.45) is 0. The van der Waals surface area contributed by atoms with Crippen molar-refractivity contribution in [3.8, 4) is 0 Å². The number of fused-ring (bicyclic) bond motifs is 1. The normalized spacial score (nSPS) is 12.4. The van der Waals surface area contributed by atoms with Gasteiger partial charge in [-0.25, -0.2) is 0 Å². The zero-order chi connectivity index (χ0) is 22.4. The summed E-state index contributed by atoms with van der Waals surface area (Å²) >= 11 is 0. The summed E-state index contributed by atoms with van der Waals surface area (Å²) < 4.78 is 10.0. The first-order chi connectivity index (χ1) is 14.9. The Bertz CT molecular complexity index is 983. The average Bonchev–Trinajstić information content (AvgIpc) is 3.01. The Morgan fingerprint density at radius 1 is 0.935 bits per heavy atom. The second kappa shape index (κ2) is 9.71. The van der Waals surface area contributed by atoms with Crippen LogP contribution in [0.2, 0.25) is 0 Å². The van der Waals surface area contributed by atoms with E-state index in [4.69, 9.17) is 9.47 Å². The maximum Gasteiger partial charge on any atom is 0.326 e. The minimum atomic E-state index is -0.764. The number of carbonyl (C=O) groups is 4. The Morgan fingerprint density at radius 2 is 1.58 bits per heavy atom. The summed E-state index contributed by atoms with van der Waals surface area (Å²) in [7, 11) is 0. The highest BCUT2D eigenvalue weighted by atomic mass is 16.5. The van der Waals surface area contributed by atoms with E-state index < -0.39 is 24.5 Å². The Hall–Kier alpha value is -3.94. The molecular weight excluding hydrogens is 400 g/mol. The summed E-state index contributed by atoms with van der Waals surface area (Å²) in [4.78, 5) is 51.8. The predicted molar refractivity (Wildman–Crippen MR) is 113 cm³/mol. The maximum absolute atomic E-state index is 12.7. The Morgan fingerprint density at radius 3 is 2.23 bits per heavy atom. The fourth-order valence-electron chi connectivity index (χ4n) is 3.16. The average molecular weight is 422 g/mol. The molecule has 0 aromatic heterocycles. The number of rotatable bonds is 8. The minimum Gasteiger partial charge on any atom is -0.465 e. The van der Waals surface area contributed by atoms with Crippen LogP contribution in [0.25, 0.3) is 5.70 Å². The summed E-state index contributed by atoms with van der Waals surface area (Å²) in [6, 6.07) is 15.4. The molecule has 8 nitrogen and oxygen atoms in total. The van der Waals surface area contributed by atoms with Crippen molar-refractivity contribution in [3.63, 3.8) is 0 Å². The van der Waals surface area contributed by atoms with E-state index in [1.807, 2.05) is 0 Å². The molecule has 2 aromatic carbocycles. The van der Waals surface area contributed by atoms with Crippen LogP contribution in [0, 0.1) is 0 Å². The van der Waals surface area contributed by atoms with Gasteiger partial charge in [-0.2, -0.15) is 0 Å². The quantitative estimate of drug-likeness (QED) is 0.606. The number of ether oxygens (including phenoxy) is 2. The van der Waals surface area contributed by atoms with E-state index in [9.17, 15) is 19.2 Å². The smallest absolute Gasteiger partial charge is 0.326 e. The molecule has 0 fully saturated rings. The molecule has 160 valence electrons. The lowest BCUT2D eigenvalue weighted by Crippen LogP contribution is -2.40. The van der Waals surface area contributed by atoms with Crippen molar-refractivity contribution in [1.82, 2.24) is 4.90 Å². The number of amides is 2. The summed E-state index contributed by atoms with van der Waals surface area (Å²) in [5.41, 5.74) is 1.98. The second-order valence-electron chi connectivity index (χ2n) is 6.66. The van der Waals surface area contributed by atoms with Gasteiger partial charge >= 0.3 is 11.9 Å². The molecule has 0 spiro atoms. The highest BCUT2D eigenvalue weighted by Crippen LogP contribution is 2.30. The monoisotopic (exact) mass is 422 g/mol. The molecule has 0 bridgehead atoms. The Labute approximate surface area is 179 Å². The van der Waals surface area contributed by atoms with Gasteiger partial charge in [0.1, 0.15) is 13.1 Å².